The Morgan fingerprint density at radius 2 is 1.69 bits per heavy atom. The summed E-state index contributed by atoms with van der Waals surface area (Å²) in [5, 5.41) is 3.64. The van der Waals surface area contributed by atoms with E-state index in [0.29, 0.717) is 11.8 Å². The van der Waals surface area contributed by atoms with Crippen LogP contribution in [0.5, 0.6) is 0 Å². The van der Waals surface area contributed by atoms with Crippen molar-refractivity contribution in [3.05, 3.63) is 47.9 Å². The minimum Gasteiger partial charge on any atom is -0.444 e. The summed E-state index contributed by atoms with van der Waals surface area (Å²) in [5.74, 6) is 2.17. The van der Waals surface area contributed by atoms with Crippen LogP contribution in [0.3, 0.4) is 0 Å². The van der Waals surface area contributed by atoms with E-state index >= 15 is 0 Å². The van der Waals surface area contributed by atoms with Crippen LogP contribution in [-0.2, 0) is 11.2 Å². The maximum absolute atomic E-state index is 12.3. The fourth-order valence-electron chi connectivity index (χ4n) is 4.92. The number of benzene rings is 1. The number of carbonyl (C=O) groups excluding carboxylic acids is 1. The SMILES string of the molecule is CCc1cnc(N2CCC(CNc3ccc(C4CCN(C(=O)OC(C)(C)C)CC4)cc3)CC2)cn1. The van der Waals surface area contributed by atoms with Gasteiger partial charge < -0.3 is 19.9 Å². The van der Waals surface area contributed by atoms with Crippen molar-refractivity contribution >= 4 is 17.6 Å². The molecule has 0 saturated carbocycles. The maximum atomic E-state index is 12.3. The lowest BCUT2D eigenvalue weighted by Gasteiger charge is -2.33. The Kier molecular flexibility index (Phi) is 8.14. The Hall–Kier alpha value is -2.83. The molecule has 0 radical (unpaired) electrons. The van der Waals surface area contributed by atoms with E-state index in [0.717, 1.165) is 63.5 Å². The highest BCUT2D eigenvalue weighted by molar-refractivity contribution is 5.68. The summed E-state index contributed by atoms with van der Waals surface area (Å²) in [6.07, 6.45) is 8.85. The zero-order valence-corrected chi connectivity index (χ0v) is 21.8. The Labute approximate surface area is 210 Å². The molecule has 35 heavy (non-hydrogen) atoms. The number of hydrogen-bond acceptors (Lipinski definition) is 6. The van der Waals surface area contributed by atoms with Crippen molar-refractivity contribution in [2.75, 3.05) is 42.9 Å². The minimum absolute atomic E-state index is 0.191. The predicted octanol–water partition coefficient (Wildman–Crippen LogP) is 5.48. The summed E-state index contributed by atoms with van der Waals surface area (Å²) in [4.78, 5) is 25.6. The highest BCUT2D eigenvalue weighted by Gasteiger charge is 2.27. The largest absolute Gasteiger partial charge is 0.444 e. The highest BCUT2D eigenvalue weighted by atomic mass is 16.6. The zero-order chi connectivity index (χ0) is 24.8. The van der Waals surface area contributed by atoms with Crippen LogP contribution < -0.4 is 10.2 Å². The van der Waals surface area contributed by atoms with Crippen molar-refractivity contribution < 1.29 is 9.53 Å². The number of aromatic nitrogens is 2. The lowest BCUT2D eigenvalue weighted by atomic mass is 9.89. The van der Waals surface area contributed by atoms with Crippen LogP contribution in [0.1, 0.15) is 70.6 Å². The molecule has 190 valence electrons. The molecule has 0 bridgehead atoms. The molecule has 2 aliphatic heterocycles. The smallest absolute Gasteiger partial charge is 0.410 e. The first-order valence-corrected chi connectivity index (χ1v) is 13.2. The van der Waals surface area contributed by atoms with Crippen LogP contribution in [0.2, 0.25) is 0 Å². The molecule has 1 N–H and O–H groups in total. The normalized spacial score (nSPS) is 17.9. The van der Waals surface area contributed by atoms with Crippen LogP contribution in [0.15, 0.2) is 36.7 Å². The number of nitrogens with zero attached hydrogens (tertiary/aromatic N) is 4. The van der Waals surface area contributed by atoms with Gasteiger partial charge in [-0.15, -0.1) is 0 Å². The molecule has 4 rings (SSSR count). The lowest BCUT2D eigenvalue weighted by molar-refractivity contribution is 0.0205. The molecular formula is C28H41N5O2. The molecule has 0 unspecified atom stereocenters. The third kappa shape index (κ3) is 7.09. The fourth-order valence-corrected chi connectivity index (χ4v) is 4.92. The third-order valence-electron chi connectivity index (χ3n) is 7.12. The van der Waals surface area contributed by atoms with Crippen molar-refractivity contribution in [3.63, 3.8) is 0 Å². The second kappa shape index (κ2) is 11.3. The van der Waals surface area contributed by atoms with Crippen molar-refractivity contribution in [2.24, 2.45) is 5.92 Å². The molecule has 3 heterocycles. The van der Waals surface area contributed by atoms with E-state index in [1.54, 1.807) is 0 Å². The summed E-state index contributed by atoms with van der Waals surface area (Å²) in [6.45, 7) is 12.4. The number of aryl methyl sites for hydroxylation is 1. The van der Waals surface area contributed by atoms with Crippen molar-refractivity contribution in [3.8, 4) is 0 Å². The summed E-state index contributed by atoms with van der Waals surface area (Å²) < 4.78 is 5.52. The van der Waals surface area contributed by atoms with E-state index < -0.39 is 5.60 Å². The van der Waals surface area contributed by atoms with Gasteiger partial charge in [-0.3, -0.25) is 4.98 Å². The van der Waals surface area contributed by atoms with E-state index in [1.807, 2.05) is 38.1 Å². The Morgan fingerprint density at radius 1 is 1.00 bits per heavy atom. The summed E-state index contributed by atoms with van der Waals surface area (Å²) in [6, 6.07) is 8.90. The zero-order valence-electron chi connectivity index (χ0n) is 21.8. The second-order valence-electron chi connectivity index (χ2n) is 10.9. The van der Waals surface area contributed by atoms with Gasteiger partial charge in [0.05, 0.1) is 18.1 Å². The average Bonchev–Trinajstić information content (AvgIpc) is 2.87. The molecule has 1 amide bonds. The molecule has 7 nitrogen and oxygen atoms in total. The van der Waals surface area contributed by atoms with Gasteiger partial charge in [0.15, 0.2) is 0 Å². The molecular weight excluding hydrogens is 438 g/mol. The van der Waals surface area contributed by atoms with Gasteiger partial charge in [0, 0.05) is 38.4 Å². The molecule has 0 spiro atoms. The van der Waals surface area contributed by atoms with Gasteiger partial charge in [-0.1, -0.05) is 19.1 Å². The fraction of sp³-hybridized carbons (Fsp3) is 0.607. The van der Waals surface area contributed by atoms with Gasteiger partial charge in [-0.2, -0.15) is 0 Å². The van der Waals surface area contributed by atoms with Gasteiger partial charge in [0.2, 0.25) is 0 Å². The molecule has 7 heteroatoms. The van der Waals surface area contributed by atoms with Crippen molar-refractivity contribution in [2.45, 2.75) is 71.3 Å². The second-order valence-corrected chi connectivity index (χ2v) is 10.9. The van der Waals surface area contributed by atoms with E-state index in [9.17, 15) is 4.79 Å². The average molecular weight is 480 g/mol. The van der Waals surface area contributed by atoms with E-state index in [-0.39, 0.29) is 6.09 Å². The molecule has 2 aliphatic rings. The first-order chi connectivity index (χ1) is 16.8. The Morgan fingerprint density at radius 3 is 2.26 bits per heavy atom. The Bertz CT molecular complexity index is 939. The number of nitrogens with one attached hydrogen (secondary N) is 1. The van der Waals surface area contributed by atoms with Crippen LogP contribution in [-0.4, -0.2) is 59.3 Å². The number of anilines is 2. The first kappa shape index (κ1) is 25.3. The van der Waals surface area contributed by atoms with Gasteiger partial charge >= 0.3 is 6.09 Å². The number of hydrogen-bond donors (Lipinski definition) is 1. The van der Waals surface area contributed by atoms with Crippen LogP contribution in [0.4, 0.5) is 16.3 Å². The van der Waals surface area contributed by atoms with Crippen molar-refractivity contribution in [1.29, 1.82) is 0 Å². The number of carbonyl (C=O) groups is 1. The van der Waals surface area contributed by atoms with Gasteiger partial charge in [-0.25, -0.2) is 9.78 Å². The minimum atomic E-state index is -0.441. The molecule has 1 aromatic carbocycles. The van der Waals surface area contributed by atoms with Gasteiger partial charge in [-0.05, 0) is 82.4 Å². The van der Waals surface area contributed by atoms with Crippen molar-refractivity contribution in [1.82, 2.24) is 14.9 Å². The highest BCUT2D eigenvalue weighted by Crippen LogP contribution is 2.30. The van der Waals surface area contributed by atoms with Crippen LogP contribution in [0, 0.1) is 5.92 Å². The summed E-state index contributed by atoms with van der Waals surface area (Å²) in [7, 11) is 0. The summed E-state index contributed by atoms with van der Waals surface area (Å²) in [5.41, 5.74) is 3.15. The quantitative estimate of drug-likeness (QED) is 0.591. The number of amides is 1. The number of likely N-dealkylation sites (tertiary alicyclic amines) is 1. The molecule has 2 aromatic rings. The molecule has 2 fully saturated rings. The van der Waals surface area contributed by atoms with E-state index in [1.165, 1.54) is 24.1 Å². The van der Waals surface area contributed by atoms with Gasteiger partial charge in [0.1, 0.15) is 11.4 Å². The monoisotopic (exact) mass is 479 g/mol. The molecule has 1 aromatic heterocycles. The van der Waals surface area contributed by atoms with Crippen LogP contribution in [0.25, 0.3) is 0 Å². The number of piperidine rings is 2. The topological polar surface area (TPSA) is 70.6 Å². The van der Waals surface area contributed by atoms with Crippen LogP contribution >= 0.6 is 0 Å². The molecule has 0 aliphatic carbocycles. The molecule has 2 saturated heterocycles. The van der Waals surface area contributed by atoms with E-state index in [4.69, 9.17) is 4.74 Å². The third-order valence-corrected chi connectivity index (χ3v) is 7.12. The molecule has 0 atom stereocenters. The lowest BCUT2D eigenvalue weighted by Crippen LogP contribution is -2.41. The standard InChI is InChI=1S/C28H41N5O2/c1-5-24-19-31-26(20-30-24)32-14-10-21(11-15-32)18-29-25-8-6-22(7-9-25)23-12-16-33(17-13-23)27(34)35-28(2,3)4/h6-9,19-21,23,29H,5,10-18H2,1-4H3. The first-order valence-electron chi connectivity index (χ1n) is 13.2. The number of ether oxygens (including phenoxy) is 1. The van der Waals surface area contributed by atoms with Gasteiger partial charge in [0.25, 0.3) is 0 Å². The Balaban J connectivity index is 1.19. The predicted molar refractivity (Wildman–Crippen MR) is 141 cm³/mol. The van der Waals surface area contributed by atoms with E-state index in [2.05, 4.69) is 51.4 Å². The summed E-state index contributed by atoms with van der Waals surface area (Å²) >= 11 is 0. The number of rotatable bonds is 6. The maximum Gasteiger partial charge on any atom is 0.410 e.